The van der Waals surface area contributed by atoms with Gasteiger partial charge in [0.05, 0.1) is 13.2 Å². The van der Waals surface area contributed by atoms with Gasteiger partial charge in [-0.25, -0.2) is 0 Å². The first-order valence-electron chi connectivity index (χ1n) is 6.48. The minimum Gasteiger partial charge on any atom is -0.362 e. The summed E-state index contributed by atoms with van der Waals surface area (Å²) in [6.07, 6.45) is 1.72. The number of carbonyl (C=O) groups excluding carboxylic acids is 2. The average molecular weight is 280 g/mol. The van der Waals surface area contributed by atoms with E-state index in [4.69, 9.17) is 4.74 Å². The molecule has 110 valence electrons. The van der Waals surface area contributed by atoms with E-state index in [0.717, 1.165) is 0 Å². The maximum Gasteiger partial charge on any atom is 0.274 e. The first-order valence-corrected chi connectivity index (χ1v) is 6.48. The van der Waals surface area contributed by atoms with Crippen molar-refractivity contribution >= 4 is 11.8 Å². The van der Waals surface area contributed by atoms with Crippen molar-refractivity contribution in [1.82, 2.24) is 19.6 Å². The van der Waals surface area contributed by atoms with Crippen molar-refractivity contribution in [3.8, 4) is 0 Å². The van der Waals surface area contributed by atoms with Crippen molar-refractivity contribution in [3.05, 3.63) is 18.0 Å². The third-order valence-electron chi connectivity index (χ3n) is 3.35. The van der Waals surface area contributed by atoms with E-state index in [1.807, 2.05) is 0 Å². The lowest BCUT2D eigenvalue weighted by atomic mass is 10.0. The number of carbonyl (C=O) groups is 2. The highest BCUT2D eigenvalue weighted by Crippen LogP contribution is 2.21. The Balaban J connectivity index is 2.14. The van der Waals surface area contributed by atoms with Crippen LogP contribution in [0.2, 0.25) is 0 Å². The molecule has 2 heterocycles. The van der Waals surface area contributed by atoms with Crippen molar-refractivity contribution in [1.29, 1.82) is 0 Å². The van der Waals surface area contributed by atoms with Gasteiger partial charge in [0.1, 0.15) is 5.69 Å². The molecule has 2 amide bonds. The second-order valence-corrected chi connectivity index (χ2v) is 5.38. The van der Waals surface area contributed by atoms with Crippen molar-refractivity contribution in [3.63, 3.8) is 0 Å². The topological polar surface area (TPSA) is 67.7 Å². The smallest absolute Gasteiger partial charge is 0.274 e. The monoisotopic (exact) mass is 280 g/mol. The molecule has 1 unspecified atom stereocenters. The van der Waals surface area contributed by atoms with Gasteiger partial charge in [-0.3, -0.25) is 14.3 Å². The van der Waals surface area contributed by atoms with Crippen molar-refractivity contribution in [2.45, 2.75) is 12.5 Å². The average Bonchev–Trinajstić information content (AvgIpc) is 2.83. The number of hydrogen-bond donors (Lipinski definition) is 0. The molecule has 0 bridgehead atoms. The van der Waals surface area contributed by atoms with Gasteiger partial charge in [0.15, 0.2) is 5.60 Å². The molecule has 0 radical (unpaired) electrons. The van der Waals surface area contributed by atoms with Gasteiger partial charge in [0.2, 0.25) is 0 Å². The van der Waals surface area contributed by atoms with Crippen LogP contribution in [0.3, 0.4) is 0 Å². The fourth-order valence-electron chi connectivity index (χ4n) is 2.34. The molecular weight excluding hydrogens is 260 g/mol. The Labute approximate surface area is 118 Å². The Morgan fingerprint density at radius 1 is 1.45 bits per heavy atom. The van der Waals surface area contributed by atoms with Crippen LogP contribution in [0, 0.1) is 0 Å². The highest BCUT2D eigenvalue weighted by molar-refractivity contribution is 5.93. The molecule has 1 aliphatic rings. The van der Waals surface area contributed by atoms with Gasteiger partial charge in [-0.05, 0) is 13.0 Å². The summed E-state index contributed by atoms with van der Waals surface area (Å²) in [6.45, 7) is 2.76. The maximum absolute atomic E-state index is 12.4. The number of amides is 2. The SMILES string of the molecule is CN(C)C(=O)C1(C)CN(C(=O)c2ccn(C)n2)CCO1. The number of hydrogen-bond acceptors (Lipinski definition) is 4. The predicted molar refractivity (Wildman–Crippen MR) is 72.2 cm³/mol. The van der Waals surface area contributed by atoms with Gasteiger partial charge in [-0.2, -0.15) is 5.10 Å². The van der Waals surface area contributed by atoms with Crippen LogP contribution in [0.15, 0.2) is 12.3 Å². The zero-order valence-electron chi connectivity index (χ0n) is 12.3. The Hall–Kier alpha value is -1.89. The van der Waals surface area contributed by atoms with E-state index >= 15 is 0 Å². The summed E-state index contributed by atoms with van der Waals surface area (Å²) < 4.78 is 7.18. The van der Waals surface area contributed by atoms with E-state index in [9.17, 15) is 9.59 Å². The summed E-state index contributed by atoms with van der Waals surface area (Å²) in [5, 5.41) is 4.10. The molecule has 0 aliphatic carbocycles. The molecule has 2 rings (SSSR count). The number of aryl methyl sites for hydroxylation is 1. The summed E-state index contributed by atoms with van der Waals surface area (Å²) in [7, 11) is 5.11. The van der Waals surface area contributed by atoms with Crippen LogP contribution in [0.25, 0.3) is 0 Å². The summed E-state index contributed by atoms with van der Waals surface area (Å²) in [5.41, 5.74) is -0.610. The van der Waals surface area contributed by atoms with Crippen molar-refractivity contribution in [2.75, 3.05) is 33.8 Å². The van der Waals surface area contributed by atoms with E-state index in [1.165, 1.54) is 4.90 Å². The molecule has 0 saturated carbocycles. The Bertz CT molecular complexity index is 525. The van der Waals surface area contributed by atoms with E-state index < -0.39 is 5.60 Å². The molecule has 1 fully saturated rings. The van der Waals surface area contributed by atoms with Gasteiger partial charge in [-0.1, -0.05) is 0 Å². The second-order valence-electron chi connectivity index (χ2n) is 5.38. The zero-order valence-corrected chi connectivity index (χ0v) is 12.3. The highest BCUT2D eigenvalue weighted by atomic mass is 16.5. The van der Waals surface area contributed by atoms with Crippen molar-refractivity contribution in [2.24, 2.45) is 7.05 Å². The molecule has 7 heteroatoms. The van der Waals surface area contributed by atoms with Crippen LogP contribution in [-0.2, 0) is 16.6 Å². The van der Waals surface area contributed by atoms with E-state index in [1.54, 1.807) is 49.9 Å². The molecule has 0 aromatic carbocycles. The Kier molecular flexibility index (Phi) is 3.80. The molecular formula is C13H20N4O3. The molecule has 1 saturated heterocycles. The molecule has 1 aliphatic heterocycles. The maximum atomic E-state index is 12.4. The van der Waals surface area contributed by atoms with E-state index in [0.29, 0.717) is 18.8 Å². The number of aromatic nitrogens is 2. The van der Waals surface area contributed by atoms with Gasteiger partial charge >= 0.3 is 0 Å². The van der Waals surface area contributed by atoms with Gasteiger partial charge in [0, 0.05) is 33.9 Å². The highest BCUT2D eigenvalue weighted by Gasteiger charge is 2.42. The number of ether oxygens (including phenoxy) is 1. The first kappa shape index (κ1) is 14.5. The largest absolute Gasteiger partial charge is 0.362 e. The molecule has 1 aromatic heterocycles. The van der Waals surface area contributed by atoms with Gasteiger partial charge in [0.25, 0.3) is 11.8 Å². The third kappa shape index (κ3) is 2.67. The standard InChI is InChI=1S/C13H20N4O3/c1-13(12(19)15(2)3)9-17(7-8-20-13)11(18)10-5-6-16(4)14-10/h5-6H,7-9H2,1-4H3. The molecule has 1 atom stereocenters. The molecule has 20 heavy (non-hydrogen) atoms. The third-order valence-corrected chi connectivity index (χ3v) is 3.35. The first-order chi connectivity index (χ1) is 9.33. The lowest BCUT2D eigenvalue weighted by Crippen LogP contribution is -2.59. The normalized spacial score (nSPS) is 22.7. The number of likely N-dealkylation sites (N-methyl/N-ethyl adjacent to an activating group) is 1. The van der Waals surface area contributed by atoms with E-state index in [-0.39, 0.29) is 18.4 Å². The summed E-state index contributed by atoms with van der Waals surface area (Å²) in [5.74, 6) is -0.317. The zero-order chi connectivity index (χ0) is 14.9. The fourth-order valence-corrected chi connectivity index (χ4v) is 2.34. The van der Waals surface area contributed by atoms with Crippen LogP contribution < -0.4 is 0 Å². The van der Waals surface area contributed by atoms with Crippen LogP contribution in [0.5, 0.6) is 0 Å². The predicted octanol–water partition coefficient (Wildman–Crippen LogP) is -0.261. The summed E-state index contributed by atoms with van der Waals surface area (Å²) in [4.78, 5) is 27.6. The Morgan fingerprint density at radius 2 is 2.15 bits per heavy atom. The fraction of sp³-hybridized carbons (Fsp3) is 0.615. The van der Waals surface area contributed by atoms with Crippen LogP contribution in [-0.4, -0.2) is 70.8 Å². The molecule has 0 N–H and O–H groups in total. The van der Waals surface area contributed by atoms with Crippen LogP contribution >= 0.6 is 0 Å². The molecule has 0 spiro atoms. The second kappa shape index (κ2) is 5.24. The lowest BCUT2D eigenvalue weighted by Gasteiger charge is -2.40. The minimum atomic E-state index is -0.994. The quantitative estimate of drug-likeness (QED) is 0.748. The number of morpholine rings is 1. The van der Waals surface area contributed by atoms with Gasteiger partial charge < -0.3 is 14.5 Å². The molecule has 7 nitrogen and oxygen atoms in total. The minimum absolute atomic E-state index is 0.143. The Morgan fingerprint density at radius 3 is 2.70 bits per heavy atom. The van der Waals surface area contributed by atoms with Gasteiger partial charge in [-0.15, -0.1) is 0 Å². The molecule has 1 aromatic rings. The van der Waals surface area contributed by atoms with Crippen LogP contribution in [0.4, 0.5) is 0 Å². The van der Waals surface area contributed by atoms with E-state index in [2.05, 4.69) is 5.10 Å². The lowest BCUT2D eigenvalue weighted by molar-refractivity contribution is -0.162. The number of nitrogens with zero attached hydrogens (tertiary/aromatic N) is 4. The van der Waals surface area contributed by atoms with Crippen molar-refractivity contribution < 1.29 is 14.3 Å². The summed E-state index contributed by atoms with van der Waals surface area (Å²) in [6, 6.07) is 1.67. The summed E-state index contributed by atoms with van der Waals surface area (Å²) >= 11 is 0. The van der Waals surface area contributed by atoms with Crippen LogP contribution in [0.1, 0.15) is 17.4 Å². The number of rotatable bonds is 2.